The van der Waals surface area contributed by atoms with Gasteiger partial charge in [-0.15, -0.1) is 0 Å². The van der Waals surface area contributed by atoms with Crippen molar-refractivity contribution >= 4 is 22.6 Å². The van der Waals surface area contributed by atoms with E-state index in [1.165, 1.54) is 30.3 Å². The highest BCUT2D eigenvalue weighted by atomic mass is 19.2. The number of aromatic carboxylic acids is 1. The zero-order chi connectivity index (χ0) is 24.8. The lowest BCUT2D eigenvalue weighted by Gasteiger charge is -2.28. The molecule has 1 aromatic heterocycles. The molecule has 0 aliphatic heterocycles. The molecule has 0 fully saturated rings. The van der Waals surface area contributed by atoms with Crippen LogP contribution in [-0.2, 0) is 10.2 Å². The van der Waals surface area contributed by atoms with E-state index in [0.717, 1.165) is 12.1 Å². The van der Waals surface area contributed by atoms with Gasteiger partial charge in [0.25, 0.3) is 0 Å². The number of nitrogen functional groups attached to an aromatic ring is 1. The quantitative estimate of drug-likeness (QED) is 0.345. The van der Waals surface area contributed by atoms with Gasteiger partial charge in [-0.3, -0.25) is 0 Å². The topological polar surface area (TPSA) is 77.5 Å². The van der Waals surface area contributed by atoms with Crippen molar-refractivity contribution in [2.24, 2.45) is 0 Å². The highest BCUT2D eigenvalue weighted by molar-refractivity contribution is 6.07. The summed E-state index contributed by atoms with van der Waals surface area (Å²) in [5, 5.41) is 9.81. The zero-order valence-electron chi connectivity index (χ0n) is 18.8. The van der Waals surface area contributed by atoms with Crippen molar-refractivity contribution in [3.8, 4) is 16.8 Å². The van der Waals surface area contributed by atoms with Gasteiger partial charge < -0.3 is 20.1 Å². The number of hydrogen-bond donors (Lipinski definition) is 2. The van der Waals surface area contributed by atoms with Gasteiger partial charge in [-0.25, -0.2) is 18.0 Å². The number of carboxylic acids is 1. The van der Waals surface area contributed by atoms with Gasteiger partial charge in [-0.1, -0.05) is 26.0 Å². The second-order valence-electron chi connectivity index (χ2n) is 8.75. The third-order valence-corrected chi connectivity index (χ3v) is 5.79. The first-order valence-electron chi connectivity index (χ1n) is 10.5. The molecule has 1 heterocycles. The van der Waals surface area contributed by atoms with E-state index >= 15 is 0 Å². The van der Waals surface area contributed by atoms with E-state index in [9.17, 15) is 23.1 Å². The van der Waals surface area contributed by atoms with Crippen LogP contribution in [0.2, 0.25) is 0 Å². The number of benzene rings is 3. The Bertz CT molecular complexity index is 1410. The average Bonchev–Trinajstić information content (AvgIpc) is 3.12. The van der Waals surface area contributed by atoms with Crippen molar-refractivity contribution in [1.82, 2.24) is 4.57 Å². The summed E-state index contributed by atoms with van der Waals surface area (Å²) in [7, 11) is 1.54. The Balaban J connectivity index is 2.19. The summed E-state index contributed by atoms with van der Waals surface area (Å²) in [6, 6.07) is 12.1. The van der Waals surface area contributed by atoms with E-state index in [-0.39, 0.29) is 23.5 Å². The van der Waals surface area contributed by atoms with Crippen LogP contribution in [0.1, 0.15) is 29.9 Å². The minimum Gasteiger partial charge on any atom is -0.478 e. The van der Waals surface area contributed by atoms with Crippen molar-refractivity contribution in [3.63, 3.8) is 0 Å². The highest BCUT2D eigenvalue weighted by Crippen LogP contribution is 2.45. The standard InChI is InChI=1S/C26H23F3N2O3/c1-26(2,13-34-3)24-22(14-4-6-15(7-5-14)25(32)33)23-20(30)10-16(27)11-21(23)31(24)17-8-9-18(28)19(29)12-17/h4-12H,13,30H2,1-3H3,(H,32,33). The number of halogens is 3. The minimum atomic E-state index is -1.07. The SMILES string of the molecule is COCC(C)(C)c1c(-c2ccc(C(=O)O)cc2)c2c(N)cc(F)cc2n1-c1ccc(F)c(F)c1. The molecular weight excluding hydrogens is 445 g/mol. The number of carboxylic acid groups (broad SMARTS) is 1. The maximum absolute atomic E-state index is 14.5. The van der Waals surface area contributed by atoms with Crippen LogP contribution in [0.25, 0.3) is 27.7 Å². The lowest BCUT2D eigenvalue weighted by molar-refractivity contribution is 0.0697. The summed E-state index contributed by atoms with van der Waals surface area (Å²) in [5.74, 6) is -3.72. The van der Waals surface area contributed by atoms with Crippen molar-refractivity contribution < 1.29 is 27.8 Å². The molecule has 4 rings (SSSR count). The normalized spacial score (nSPS) is 11.8. The largest absolute Gasteiger partial charge is 0.478 e. The number of nitrogens with zero attached hydrogens (tertiary/aromatic N) is 1. The number of rotatable bonds is 6. The Morgan fingerprint density at radius 1 is 1.03 bits per heavy atom. The molecule has 4 aromatic rings. The fraction of sp³-hybridized carbons (Fsp3) is 0.192. The van der Waals surface area contributed by atoms with Crippen molar-refractivity contribution in [3.05, 3.63) is 83.3 Å². The number of carbonyl (C=O) groups is 1. The first kappa shape index (κ1) is 23.4. The Morgan fingerprint density at radius 2 is 1.71 bits per heavy atom. The molecule has 3 aromatic carbocycles. The highest BCUT2D eigenvalue weighted by Gasteiger charge is 2.33. The molecule has 0 saturated carbocycles. The second kappa shape index (κ2) is 8.53. The maximum Gasteiger partial charge on any atom is 0.335 e. The van der Waals surface area contributed by atoms with Gasteiger partial charge in [0.05, 0.1) is 17.7 Å². The molecule has 176 valence electrons. The summed E-state index contributed by atoms with van der Waals surface area (Å²) >= 11 is 0. The Labute approximate surface area is 194 Å². The molecule has 0 aliphatic carbocycles. The van der Waals surface area contributed by atoms with Crippen LogP contribution in [0.4, 0.5) is 18.9 Å². The molecule has 5 nitrogen and oxygen atoms in total. The third-order valence-electron chi connectivity index (χ3n) is 5.79. The van der Waals surface area contributed by atoms with Gasteiger partial charge in [0.2, 0.25) is 0 Å². The molecule has 0 unspecified atom stereocenters. The van der Waals surface area contributed by atoms with Crippen LogP contribution < -0.4 is 5.73 Å². The number of fused-ring (bicyclic) bond motifs is 1. The summed E-state index contributed by atoms with van der Waals surface area (Å²) < 4.78 is 49.7. The number of methoxy groups -OCH3 is 1. The van der Waals surface area contributed by atoms with Crippen molar-refractivity contribution in [2.45, 2.75) is 19.3 Å². The van der Waals surface area contributed by atoms with Crippen LogP contribution in [-0.4, -0.2) is 29.4 Å². The summed E-state index contributed by atoms with van der Waals surface area (Å²) in [6.07, 6.45) is 0. The van der Waals surface area contributed by atoms with Gasteiger partial charge in [-0.05, 0) is 42.0 Å². The van der Waals surface area contributed by atoms with Gasteiger partial charge in [0.1, 0.15) is 5.82 Å². The molecule has 0 spiro atoms. The van der Waals surface area contributed by atoms with E-state index in [2.05, 4.69) is 0 Å². The van der Waals surface area contributed by atoms with Crippen LogP contribution >= 0.6 is 0 Å². The summed E-state index contributed by atoms with van der Waals surface area (Å²) in [5.41, 5.74) is 8.36. The van der Waals surface area contributed by atoms with E-state index in [4.69, 9.17) is 10.5 Å². The third kappa shape index (κ3) is 3.90. The van der Waals surface area contributed by atoms with E-state index in [1.54, 1.807) is 23.8 Å². The summed E-state index contributed by atoms with van der Waals surface area (Å²) in [6.45, 7) is 4.06. The smallest absolute Gasteiger partial charge is 0.335 e. The average molecular weight is 468 g/mol. The summed E-state index contributed by atoms with van der Waals surface area (Å²) in [4.78, 5) is 11.4. The lowest BCUT2D eigenvalue weighted by atomic mass is 9.84. The number of anilines is 1. The Kier molecular flexibility index (Phi) is 5.87. The van der Waals surface area contributed by atoms with Crippen LogP contribution in [0.5, 0.6) is 0 Å². The van der Waals surface area contributed by atoms with Crippen LogP contribution in [0.15, 0.2) is 54.6 Å². The van der Waals surface area contributed by atoms with Gasteiger partial charge in [0, 0.05) is 46.6 Å². The van der Waals surface area contributed by atoms with E-state index < -0.39 is 28.8 Å². The first-order chi connectivity index (χ1) is 16.0. The van der Waals surface area contributed by atoms with Crippen LogP contribution in [0, 0.1) is 17.5 Å². The molecule has 0 bridgehead atoms. The lowest BCUT2D eigenvalue weighted by Crippen LogP contribution is -2.27. The zero-order valence-corrected chi connectivity index (χ0v) is 18.8. The number of nitrogens with two attached hydrogens (primary N) is 1. The predicted octanol–water partition coefficient (Wildman–Crippen LogP) is 5.92. The molecule has 0 radical (unpaired) electrons. The number of hydrogen-bond acceptors (Lipinski definition) is 3. The van der Waals surface area contributed by atoms with Gasteiger partial charge in [-0.2, -0.15) is 0 Å². The fourth-order valence-electron chi connectivity index (χ4n) is 4.44. The van der Waals surface area contributed by atoms with Crippen molar-refractivity contribution in [2.75, 3.05) is 19.5 Å². The molecule has 0 saturated heterocycles. The first-order valence-corrected chi connectivity index (χ1v) is 10.5. The number of ether oxygens (including phenoxy) is 1. The molecule has 8 heteroatoms. The molecule has 0 atom stereocenters. The molecular formula is C26H23F3N2O3. The fourth-order valence-corrected chi connectivity index (χ4v) is 4.44. The minimum absolute atomic E-state index is 0.102. The maximum atomic E-state index is 14.5. The predicted molar refractivity (Wildman–Crippen MR) is 125 cm³/mol. The van der Waals surface area contributed by atoms with Crippen LogP contribution in [0.3, 0.4) is 0 Å². The van der Waals surface area contributed by atoms with Gasteiger partial charge in [0.15, 0.2) is 11.6 Å². The molecule has 34 heavy (non-hydrogen) atoms. The van der Waals surface area contributed by atoms with E-state index in [1.807, 2.05) is 13.8 Å². The van der Waals surface area contributed by atoms with Crippen molar-refractivity contribution in [1.29, 1.82) is 0 Å². The molecule has 0 aliphatic rings. The second-order valence-corrected chi connectivity index (χ2v) is 8.75. The monoisotopic (exact) mass is 468 g/mol. The van der Waals surface area contributed by atoms with E-state index in [0.29, 0.717) is 27.7 Å². The molecule has 0 amide bonds. The molecule has 3 N–H and O–H groups in total. The Morgan fingerprint density at radius 3 is 2.29 bits per heavy atom. The number of aromatic nitrogens is 1. The van der Waals surface area contributed by atoms with Gasteiger partial charge >= 0.3 is 5.97 Å². The Hall–Kier alpha value is -3.78.